The van der Waals surface area contributed by atoms with Crippen molar-refractivity contribution in [3.63, 3.8) is 0 Å². The van der Waals surface area contributed by atoms with E-state index in [0.717, 1.165) is 24.7 Å². The molecule has 3 rings (SSSR count). The fourth-order valence-corrected chi connectivity index (χ4v) is 5.86. The van der Waals surface area contributed by atoms with Gasteiger partial charge in [0.2, 0.25) is 0 Å². The van der Waals surface area contributed by atoms with Crippen molar-refractivity contribution < 1.29 is 9.53 Å². The van der Waals surface area contributed by atoms with E-state index in [1.54, 1.807) is 0 Å². The molecule has 3 fully saturated rings. The van der Waals surface area contributed by atoms with E-state index in [0.29, 0.717) is 11.8 Å². The van der Waals surface area contributed by atoms with Gasteiger partial charge < -0.3 is 4.74 Å². The minimum Gasteiger partial charge on any atom is -0.455 e. The molecule has 0 aliphatic heterocycles. The van der Waals surface area contributed by atoms with Crippen LogP contribution in [0.25, 0.3) is 0 Å². The maximum atomic E-state index is 11.9. The number of carbonyl (C=O) groups is 1. The number of ether oxygens (including phenoxy) is 1. The molecule has 2 nitrogen and oxygen atoms in total. The highest BCUT2D eigenvalue weighted by atomic mass is 16.6. The molecule has 0 bridgehead atoms. The van der Waals surface area contributed by atoms with Crippen LogP contribution in [-0.4, -0.2) is 11.6 Å². The first-order valence-corrected chi connectivity index (χ1v) is 8.58. The lowest BCUT2D eigenvalue weighted by molar-refractivity contribution is -0.170. The normalized spacial score (nSPS) is 43.5. The van der Waals surface area contributed by atoms with Crippen molar-refractivity contribution in [1.82, 2.24) is 0 Å². The molecule has 0 saturated heterocycles. The smallest absolute Gasteiger partial charge is 0.330 e. The predicted molar refractivity (Wildman–Crippen MR) is 80.2 cm³/mol. The van der Waals surface area contributed by atoms with E-state index in [1.807, 2.05) is 0 Å². The van der Waals surface area contributed by atoms with Crippen molar-refractivity contribution >= 4 is 5.97 Å². The monoisotopic (exact) mass is 276 g/mol. The molecule has 0 spiro atoms. The second kappa shape index (κ2) is 5.54. The van der Waals surface area contributed by atoms with Crippen LogP contribution in [0.15, 0.2) is 12.7 Å². The molecule has 0 N–H and O–H groups in total. The fraction of sp³-hybridized carbons (Fsp3) is 0.833. The second-order valence-corrected chi connectivity index (χ2v) is 7.06. The summed E-state index contributed by atoms with van der Waals surface area (Å²) in [5.74, 6) is 2.62. The second-order valence-electron chi connectivity index (χ2n) is 7.06. The zero-order chi connectivity index (χ0) is 14.2. The summed E-state index contributed by atoms with van der Waals surface area (Å²) < 4.78 is 6.09. The Balaban J connectivity index is 1.95. The van der Waals surface area contributed by atoms with Crippen molar-refractivity contribution in [2.75, 3.05) is 0 Å². The molecular weight excluding hydrogens is 248 g/mol. The summed E-state index contributed by atoms with van der Waals surface area (Å²) in [4.78, 5) is 11.9. The topological polar surface area (TPSA) is 26.3 Å². The van der Waals surface area contributed by atoms with Crippen molar-refractivity contribution in [3.05, 3.63) is 12.7 Å². The molecule has 0 aromatic heterocycles. The molecule has 20 heavy (non-hydrogen) atoms. The van der Waals surface area contributed by atoms with Gasteiger partial charge in [0.05, 0.1) is 0 Å². The first-order chi connectivity index (χ1) is 9.73. The third-order valence-corrected chi connectivity index (χ3v) is 6.39. The van der Waals surface area contributed by atoms with E-state index >= 15 is 0 Å². The molecule has 3 saturated carbocycles. The van der Waals surface area contributed by atoms with Crippen LogP contribution in [0.5, 0.6) is 0 Å². The Morgan fingerprint density at radius 1 is 1.20 bits per heavy atom. The minimum absolute atomic E-state index is 0.155. The number of fused-ring (bicyclic) bond motifs is 3. The van der Waals surface area contributed by atoms with Crippen LogP contribution in [0, 0.1) is 23.7 Å². The van der Waals surface area contributed by atoms with Gasteiger partial charge in [0.15, 0.2) is 0 Å². The summed E-state index contributed by atoms with van der Waals surface area (Å²) in [6.07, 6.45) is 12.9. The highest BCUT2D eigenvalue weighted by molar-refractivity contribution is 5.81. The molecule has 0 amide bonds. The summed E-state index contributed by atoms with van der Waals surface area (Å²) in [5, 5.41) is 0. The summed E-state index contributed by atoms with van der Waals surface area (Å²) in [7, 11) is 0. The fourth-order valence-electron chi connectivity index (χ4n) is 5.86. The van der Waals surface area contributed by atoms with E-state index < -0.39 is 0 Å². The Bertz CT molecular complexity index is 373. The average molecular weight is 276 g/mol. The third-order valence-electron chi connectivity index (χ3n) is 6.39. The molecule has 5 atom stereocenters. The van der Waals surface area contributed by atoms with Crippen LogP contribution in [-0.2, 0) is 9.53 Å². The van der Waals surface area contributed by atoms with Gasteiger partial charge in [-0.15, -0.1) is 0 Å². The Labute approximate surface area is 123 Å². The van der Waals surface area contributed by atoms with Crippen LogP contribution in [0.1, 0.15) is 64.7 Å². The van der Waals surface area contributed by atoms with E-state index in [4.69, 9.17) is 4.74 Å². The highest BCUT2D eigenvalue weighted by Crippen LogP contribution is 2.61. The third kappa shape index (κ3) is 2.03. The van der Waals surface area contributed by atoms with Crippen LogP contribution in [0.4, 0.5) is 0 Å². The zero-order valence-electron chi connectivity index (χ0n) is 12.8. The number of hydrogen-bond donors (Lipinski definition) is 0. The molecule has 112 valence electrons. The first kappa shape index (κ1) is 14.2. The number of hydrogen-bond acceptors (Lipinski definition) is 2. The van der Waals surface area contributed by atoms with E-state index in [9.17, 15) is 4.79 Å². The zero-order valence-corrected chi connectivity index (χ0v) is 12.8. The van der Waals surface area contributed by atoms with Gasteiger partial charge in [0, 0.05) is 17.9 Å². The first-order valence-electron chi connectivity index (χ1n) is 8.58. The molecule has 3 aliphatic carbocycles. The molecule has 3 aliphatic rings. The number of esters is 1. The Kier molecular flexibility index (Phi) is 3.92. The van der Waals surface area contributed by atoms with E-state index in [2.05, 4.69) is 13.5 Å². The van der Waals surface area contributed by atoms with Gasteiger partial charge in [-0.3, -0.25) is 0 Å². The summed E-state index contributed by atoms with van der Waals surface area (Å²) >= 11 is 0. The maximum Gasteiger partial charge on any atom is 0.330 e. The average Bonchev–Trinajstić information content (AvgIpc) is 2.76. The van der Waals surface area contributed by atoms with Gasteiger partial charge in [-0.25, -0.2) is 4.79 Å². The van der Waals surface area contributed by atoms with Crippen LogP contribution >= 0.6 is 0 Å². The predicted octanol–water partition coefficient (Wildman–Crippen LogP) is 4.49. The van der Waals surface area contributed by atoms with Gasteiger partial charge in [0.25, 0.3) is 0 Å². The minimum atomic E-state index is -0.200. The van der Waals surface area contributed by atoms with Gasteiger partial charge in [-0.2, -0.15) is 0 Å². The van der Waals surface area contributed by atoms with Crippen molar-refractivity contribution in [2.24, 2.45) is 23.7 Å². The van der Waals surface area contributed by atoms with E-state index in [1.165, 1.54) is 51.0 Å². The summed E-state index contributed by atoms with van der Waals surface area (Å²) in [5.41, 5.74) is -0.155. The van der Waals surface area contributed by atoms with Crippen molar-refractivity contribution in [1.29, 1.82) is 0 Å². The van der Waals surface area contributed by atoms with Crippen LogP contribution in [0.3, 0.4) is 0 Å². The summed E-state index contributed by atoms with van der Waals surface area (Å²) in [6, 6.07) is 0. The number of rotatable bonds is 3. The largest absolute Gasteiger partial charge is 0.455 e. The van der Waals surface area contributed by atoms with Crippen LogP contribution < -0.4 is 0 Å². The molecular formula is C18H28O2. The highest BCUT2D eigenvalue weighted by Gasteiger charge is 2.61. The molecule has 5 unspecified atom stereocenters. The molecule has 0 aromatic carbocycles. The molecule has 0 heterocycles. The number of carbonyl (C=O) groups excluding carboxylic acids is 1. The maximum absolute atomic E-state index is 11.9. The van der Waals surface area contributed by atoms with Crippen molar-refractivity contribution in [2.45, 2.75) is 70.3 Å². The Hall–Kier alpha value is -0.790. The standard InChI is InChI=1S/C18H28O2/c1-3-15-13-9-5-6-10-14(13)16-11-7-8-12-18(15,16)20-17(19)4-2/h4,13-16H,2-3,5-12H2,1H3. The van der Waals surface area contributed by atoms with E-state index in [-0.39, 0.29) is 11.6 Å². The van der Waals surface area contributed by atoms with Gasteiger partial charge >= 0.3 is 5.97 Å². The molecule has 0 radical (unpaired) electrons. The molecule has 0 aromatic rings. The van der Waals surface area contributed by atoms with Crippen LogP contribution in [0.2, 0.25) is 0 Å². The van der Waals surface area contributed by atoms with Crippen molar-refractivity contribution in [3.8, 4) is 0 Å². The summed E-state index contributed by atoms with van der Waals surface area (Å²) in [6.45, 7) is 5.89. The quantitative estimate of drug-likeness (QED) is 0.561. The SMILES string of the molecule is C=CC(=O)OC12CCCCC1C1CCCCC1C2CC. The lowest BCUT2D eigenvalue weighted by Crippen LogP contribution is -2.47. The van der Waals surface area contributed by atoms with Gasteiger partial charge in [0.1, 0.15) is 5.60 Å². The lowest BCUT2D eigenvalue weighted by atomic mass is 9.70. The lowest BCUT2D eigenvalue weighted by Gasteiger charge is -2.43. The molecule has 2 heteroatoms. The van der Waals surface area contributed by atoms with Gasteiger partial charge in [-0.05, 0) is 50.4 Å². The van der Waals surface area contributed by atoms with Gasteiger partial charge in [-0.1, -0.05) is 32.8 Å². The Morgan fingerprint density at radius 2 is 1.90 bits per heavy atom. The Morgan fingerprint density at radius 3 is 2.60 bits per heavy atom.